The number of ether oxygens (including phenoxy) is 2. The average Bonchev–Trinajstić information content (AvgIpc) is 2.93. The van der Waals surface area contributed by atoms with E-state index in [9.17, 15) is 4.79 Å². The lowest BCUT2D eigenvalue weighted by Crippen LogP contribution is -2.27. The second-order valence-corrected chi connectivity index (χ2v) is 9.03. The average molecular weight is 502 g/mol. The fourth-order valence-corrected chi connectivity index (χ4v) is 4.34. The lowest BCUT2D eigenvalue weighted by molar-refractivity contribution is 0.414. The molecule has 0 saturated carbocycles. The van der Waals surface area contributed by atoms with Crippen LogP contribution in [0.2, 0.25) is 0 Å². The number of hydrogen-bond donors (Lipinski definition) is 2. The second kappa shape index (κ2) is 12.3. The first-order valence-electron chi connectivity index (χ1n) is 12.7. The third kappa shape index (κ3) is 6.39. The van der Waals surface area contributed by atoms with Gasteiger partial charge in [-0.2, -0.15) is 4.98 Å². The van der Waals surface area contributed by atoms with Crippen molar-refractivity contribution in [2.75, 3.05) is 24.4 Å². The van der Waals surface area contributed by atoms with Gasteiger partial charge in [0.25, 0.3) is 5.56 Å². The minimum atomic E-state index is -0.199. The largest absolute Gasteiger partial charge is 0.497 e. The van der Waals surface area contributed by atoms with E-state index < -0.39 is 0 Å². The van der Waals surface area contributed by atoms with Crippen molar-refractivity contribution in [3.63, 3.8) is 0 Å². The summed E-state index contributed by atoms with van der Waals surface area (Å²) < 4.78 is 10.7. The lowest BCUT2D eigenvalue weighted by atomic mass is 10.1. The number of nitrogens with one attached hydrogen (secondary N) is 2. The van der Waals surface area contributed by atoms with Crippen molar-refractivity contribution >= 4 is 22.7 Å². The number of aromatic amines is 1. The van der Waals surface area contributed by atoms with Gasteiger partial charge in [-0.05, 0) is 54.3 Å². The SMILES string of the molecule is CCC[C@@H](CC)Nc1nc(N(Cc2ccc(OC)cc2)Cc2ccc(OC)cc2)nc2cc[nH]c(=O)c12. The number of pyridine rings is 1. The lowest BCUT2D eigenvalue weighted by Gasteiger charge is -2.25. The molecule has 0 amide bonds. The van der Waals surface area contributed by atoms with E-state index in [0.717, 1.165) is 41.9 Å². The molecule has 0 bridgehead atoms. The molecule has 8 heteroatoms. The molecule has 0 aliphatic heterocycles. The summed E-state index contributed by atoms with van der Waals surface area (Å²) in [5.41, 5.74) is 2.60. The van der Waals surface area contributed by atoms with Crippen LogP contribution in [-0.4, -0.2) is 35.2 Å². The van der Waals surface area contributed by atoms with Gasteiger partial charge in [-0.1, -0.05) is 44.5 Å². The van der Waals surface area contributed by atoms with Gasteiger partial charge in [-0.25, -0.2) is 4.98 Å². The Morgan fingerprint density at radius 1 is 0.892 bits per heavy atom. The molecule has 0 aliphatic rings. The van der Waals surface area contributed by atoms with Crippen LogP contribution in [0.25, 0.3) is 10.9 Å². The highest BCUT2D eigenvalue weighted by Crippen LogP contribution is 2.26. The summed E-state index contributed by atoms with van der Waals surface area (Å²) in [6.07, 6.45) is 4.59. The number of anilines is 2. The third-order valence-corrected chi connectivity index (χ3v) is 6.43. The van der Waals surface area contributed by atoms with Crippen LogP contribution in [-0.2, 0) is 13.1 Å². The molecule has 2 aromatic carbocycles. The van der Waals surface area contributed by atoms with Crippen molar-refractivity contribution in [3.8, 4) is 11.5 Å². The summed E-state index contributed by atoms with van der Waals surface area (Å²) in [7, 11) is 3.32. The van der Waals surface area contributed by atoms with Crippen molar-refractivity contribution in [2.24, 2.45) is 0 Å². The van der Waals surface area contributed by atoms with E-state index in [-0.39, 0.29) is 11.6 Å². The van der Waals surface area contributed by atoms with E-state index in [1.807, 2.05) is 54.6 Å². The Morgan fingerprint density at radius 3 is 2.00 bits per heavy atom. The Morgan fingerprint density at radius 2 is 1.49 bits per heavy atom. The molecule has 8 nitrogen and oxygen atoms in total. The van der Waals surface area contributed by atoms with Crippen molar-refractivity contribution in [1.82, 2.24) is 15.0 Å². The molecular weight excluding hydrogens is 466 g/mol. The number of rotatable bonds is 12. The first-order chi connectivity index (χ1) is 18.0. The van der Waals surface area contributed by atoms with Crippen molar-refractivity contribution in [2.45, 2.75) is 52.2 Å². The molecule has 0 spiro atoms. The molecule has 37 heavy (non-hydrogen) atoms. The van der Waals surface area contributed by atoms with E-state index in [1.165, 1.54) is 0 Å². The zero-order chi connectivity index (χ0) is 26.2. The number of fused-ring (bicyclic) bond motifs is 1. The molecule has 4 rings (SSSR count). The predicted octanol–water partition coefficient (Wildman–Crippen LogP) is 5.53. The minimum absolute atomic E-state index is 0.199. The molecule has 2 heterocycles. The molecule has 2 aromatic heterocycles. The smallest absolute Gasteiger partial charge is 0.261 e. The number of nitrogens with zero attached hydrogens (tertiary/aromatic N) is 3. The van der Waals surface area contributed by atoms with Gasteiger partial charge in [-0.3, -0.25) is 4.79 Å². The fourth-order valence-electron chi connectivity index (χ4n) is 4.34. The van der Waals surface area contributed by atoms with Crippen LogP contribution in [0, 0.1) is 0 Å². The first kappa shape index (κ1) is 26.0. The fraction of sp³-hybridized carbons (Fsp3) is 0.345. The molecule has 0 aliphatic carbocycles. The van der Waals surface area contributed by atoms with Crippen LogP contribution < -0.4 is 25.2 Å². The van der Waals surface area contributed by atoms with E-state index in [2.05, 4.69) is 29.0 Å². The zero-order valence-electron chi connectivity index (χ0n) is 22.0. The number of methoxy groups -OCH3 is 2. The second-order valence-electron chi connectivity index (χ2n) is 9.03. The van der Waals surface area contributed by atoms with Gasteiger partial charge < -0.3 is 24.7 Å². The Balaban J connectivity index is 1.78. The molecule has 0 saturated heterocycles. The van der Waals surface area contributed by atoms with Crippen LogP contribution >= 0.6 is 0 Å². The molecule has 4 aromatic rings. The zero-order valence-corrected chi connectivity index (χ0v) is 22.0. The van der Waals surface area contributed by atoms with Gasteiger partial charge in [0.15, 0.2) is 0 Å². The van der Waals surface area contributed by atoms with Crippen molar-refractivity contribution in [1.29, 1.82) is 0 Å². The normalized spacial score (nSPS) is 11.8. The maximum Gasteiger partial charge on any atom is 0.261 e. The van der Waals surface area contributed by atoms with Gasteiger partial charge in [0.1, 0.15) is 22.7 Å². The summed E-state index contributed by atoms with van der Waals surface area (Å²) in [6, 6.07) is 18.0. The first-order valence-corrected chi connectivity index (χ1v) is 12.7. The monoisotopic (exact) mass is 501 g/mol. The highest BCUT2D eigenvalue weighted by atomic mass is 16.5. The van der Waals surface area contributed by atoms with Gasteiger partial charge in [0.2, 0.25) is 5.95 Å². The van der Waals surface area contributed by atoms with E-state index in [1.54, 1.807) is 20.4 Å². The highest BCUT2D eigenvalue weighted by Gasteiger charge is 2.19. The van der Waals surface area contributed by atoms with Crippen molar-refractivity contribution in [3.05, 3.63) is 82.3 Å². The van der Waals surface area contributed by atoms with Gasteiger partial charge in [0, 0.05) is 25.3 Å². The Kier molecular flexibility index (Phi) is 8.61. The summed E-state index contributed by atoms with van der Waals surface area (Å²) >= 11 is 0. The number of H-pyrrole nitrogens is 1. The molecule has 0 fully saturated rings. The third-order valence-electron chi connectivity index (χ3n) is 6.43. The van der Waals surface area contributed by atoms with E-state index in [4.69, 9.17) is 19.4 Å². The number of aromatic nitrogens is 3. The van der Waals surface area contributed by atoms with Gasteiger partial charge >= 0.3 is 0 Å². The Hall–Kier alpha value is -4.07. The molecule has 1 atom stereocenters. The van der Waals surface area contributed by atoms with E-state index in [0.29, 0.717) is 35.8 Å². The summed E-state index contributed by atoms with van der Waals surface area (Å²) in [5.74, 6) is 2.73. The Labute approximate surface area is 217 Å². The van der Waals surface area contributed by atoms with Crippen LogP contribution in [0.5, 0.6) is 11.5 Å². The standard InChI is InChI=1S/C29H35N5O3/c1-5-7-22(6-2)31-27-26-25(16-17-30-28(26)35)32-29(33-27)34(18-20-8-12-23(36-3)13-9-20)19-21-10-14-24(37-4)15-11-21/h8-17,22H,5-7,18-19H2,1-4H3,(H,30,35)(H,31,32,33)/t22-/m1/s1. The maximum atomic E-state index is 12.8. The van der Waals surface area contributed by atoms with Crippen LogP contribution in [0.4, 0.5) is 11.8 Å². The van der Waals surface area contributed by atoms with Gasteiger partial charge in [-0.15, -0.1) is 0 Å². The number of benzene rings is 2. The minimum Gasteiger partial charge on any atom is -0.497 e. The number of hydrogen-bond acceptors (Lipinski definition) is 7. The van der Waals surface area contributed by atoms with Gasteiger partial charge in [0.05, 0.1) is 19.7 Å². The van der Waals surface area contributed by atoms with Crippen LogP contribution in [0.3, 0.4) is 0 Å². The molecule has 0 unspecified atom stereocenters. The summed E-state index contributed by atoms with van der Waals surface area (Å²) in [6.45, 7) is 5.46. The van der Waals surface area contributed by atoms with Crippen LogP contribution in [0.1, 0.15) is 44.2 Å². The molecular formula is C29H35N5O3. The Bertz CT molecular complexity index is 1300. The summed E-state index contributed by atoms with van der Waals surface area (Å²) in [4.78, 5) is 27.5. The topological polar surface area (TPSA) is 92.4 Å². The van der Waals surface area contributed by atoms with Crippen molar-refractivity contribution < 1.29 is 9.47 Å². The van der Waals surface area contributed by atoms with Crippen LogP contribution in [0.15, 0.2) is 65.6 Å². The summed E-state index contributed by atoms with van der Waals surface area (Å²) in [5, 5.41) is 4.02. The molecule has 0 radical (unpaired) electrons. The maximum absolute atomic E-state index is 12.8. The molecule has 194 valence electrons. The predicted molar refractivity (Wildman–Crippen MR) is 149 cm³/mol. The molecule has 2 N–H and O–H groups in total. The highest BCUT2D eigenvalue weighted by molar-refractivity contribution is 5.89. The van der Waals surface area contributed by atoms with E-state index >= 15 is 0 Å². The quantitative estimate of drug-likeness (QED) is 0.264.